The Kier molecular flexibility index (Phi) is 18.9. The number of carbonyl (C=O) groups excluding carboxylic acids is 1. The summed E-state index contributed by atoms with van der Waals surface area (Å²) < 4.78 is 4.42. The van der Waals surface area contributed by atoms with Gasteiger partial charge in [0.05, 0.1) is 6.61 Å². The maximum absolute atomic E-state index is 9.87. The third-order valence-corrected chi connectivity index (χ3v) is 4.14. The van der Waals surface area contributed by atoms with Crippen molar-refractivity contribution in [1.29, 1.82) is 5.26 Å². The number of unbranched alkanes of at least 4 members (excludes halogenated alkanes) is 8. The molecule has 0 atom stereocenters. The number of nitrogens with two attached hydrogens (primary N) is 1. The molecule has 0 aliphatic rings. The quantitative estimate of drug-likeness (QED) is 0.137. The smallest absolute Gasteiger partial charge is 0.404 e. The molecule has 4 N–H and O–H groups in total. The number of ether oxygens (including phenoxy) is 1. The van der Waals surface area contributed by atoms with Gasteiger partial charge < -0.3 is 15.8 Å². The van der Waals surface area contributed by atoms with Crippen LogP contribution in [-0.2, 0) is 4.74 Å². The van der Waals surface area contributed by atoms with Crippen molar-refractivity contribution in [3.05, 3.63) is 24.5 Å². The fourth-order valence-electron chi connectivity index (χ4n) is 2.49. The van der Waals surface area contributed by atoms with Crippen LogP contribution in [0.25, 0.3) is 0 Å². The van der Waals surface area contributed by atoms with Crippen molar-refractivity contribution in [3.63, 3.8) is 0 Å². The predicted molar refractivity (Wildman–Crippen MR) is 122 cm³/mol. The summed E-state index contributed by atoms with van der Waals surface area (Å²) in [7, 11) is 0. The molecule has 0 saturated carbocycles. The summed E-state index contributed by atoms with van der Waals surface area (Å²) in [6, 6.07) is 3.68. The molecule has 0 unspecified atom stereocenters. The Bertz CT molecular complexity index is 601. The average molecular weight is 419 g/mol. The van der Waals surface area contributed by atoms with Crippen LogP contribution in [0.1, 0.15) is 78.1 Å². The van der Waals surface area contributed by atoms with Gasteiger partial charge in [0, 0.05) is 24.6 Å². The van der Waals surface area contributed by atoms with Crippen LogP contribution in [0.4, 0.5) is 10.5 Å². The number of amides is 1. The van der Waals surface area contributed by atoms with Gasteiger partial charge in [-0.25, -0.2) is 4.79 Å². The molecule has 168 valence electrons. The first-order chi connectivity index (χ1) is 14.6. The maximum Gasteiger partial charge on any atom is 0.404 e. The number of hydrogen-bond acceptors (Lipinski definition) is 5. The van der Waals surface area contributed by atoms with Crippen LogP contribution in [0.3, 0.4) is 0 Å². The Labute approximate surface area is 181 Å². The first kappa shape index (κ1) is 27.2. The highest BCUT2D eigenvalue weighted by Gasteiger charge is 1.98. The normalized spacial score (nSPS) is 10.4. The summed E-state index contributed by atoms with van der Waals surface area (Å²) in [6.07, 6.45) is 16.8. The zero-order chi connectivity index (χ0) is 22.3. The molecular formula is C22H38N6O2. The van der Waals surface area contributed by atoms with Gasteiger partial charge in [-0.05, 0) is 25.0 Å². The second-order valence-corrected chi connectivity index (χ2v) is 6.82. The zero-order valence-electron chi connectivity index (χ0n) is 18.5. The third-order valence-electron chi connectivity index (χ3n) is 4.14. The van der Waals surface area contributed by atoms with Crippen LogP contribution >= 0.6 is 0 Å². The van der Waals surface area contributed by atoms with Crippen LogP contribution in [0.15, 0.2) is 29.5 Å². The molecule has 1 aromatic rings. The van der Waals surface area contributed by atoms with E-state index in [4.69, 9.17) is 5.26 Å². The Balaban J connectivity index is 0.000000890. The molecule has 1 heterocycles. The lowest BCUT2D eigenvalue weighted by molar-refractivity contribution is 0.155. The highest BCUT2D eigenvalue weighted by molar-refractivity contribution is 5.94. The molecule has 0 saturated heterocycles. The molecule has 0 spiro atoms. The molecule has 0 fully saturated rings. The highest BCUT2D eigenvalue weighted by Crippen LogP contribution is 2.08. The number of nitriles is 1. The van der Waals surface area contributed by atoms with E-state index in [1.54, 1.807) is 12.4 Å². The van der Waals surface area contributed by atoms with E-state index in [2.05, 4.69) is 38.0 Å². The minimum absolute atomic E-state index is 0.450. The molecule has 1 rings (SSSR count). The monoisotopic (exact) mass is 418 g/mol. The van der Waals surface area contributed by atoms with Crippen molar-refractivity contribution in [2.24, 2.45) is 10.7 Å². The molecule has 8 nitrogen and oxygen atoms in total. The lowest BCUT2D eigenvalue weighted by Crippen LogP contribution is -2.27. The topological polar surface area (TPSA) is 125 Å². The van der Waals surface area contributed by atoms with Crippen LogP contribution < -0.4 is 16.4 Å². The molecule has 0 aliphatic heterocycles. The first-order valence-corrected chi connectivity index (χ1v) is 10.9. The van der Waals surface area contributed by atoms with Gasteiger partial charge in [-0.3, -0.25) is 15.3 Å². The fraction of sp³-hybridized carbons (Fsp3) is 0.636. The van der Waals surface area contributed by atoms with Gasteiger partial charge in [0.15, 0.2) is 6.19 Å². The van der Waals surface area contributed by atoms with Crippen molar-refractivity contribution >= 4 is 17.7 Å². The molecule has 0 bridgehead atoms. The van der Waals surface area contributed by atoms with Crippen molar-refractivity contribution in [2.75, 3.05) is 18.5 Å². The largest absolute Gasteiger partial charge is 0.450 e. The molecule has 1 aromatic heterocycles. The SMILES string of the molecule is CCCCCCCCCCN=C(NC#N)Nc1ccncc1.CCCCOC(N)=O. The second-order valence-electron chi connectivity index (χ2n) is 6.82. The number of anilines is 1. The number of pyridine rings is 1. The summed E-state index contributed by atoms with van der Waals surface area (Å²) in [4.78, 5) is 18.2. The van der Waals surface area contributed by atoms with E-state index in [1.807, 2.05) is 25.2 Å². The van der Waals surface area contributed by atoms with E-state index >= 15 is 0 Å². The number of aromatic nitrogens is 1. The van der Waals surface area contributed by atoms with Crippen molar-refractivity contribution in [2.45, 2.75) is 78.1 Å². The number of carbonyl (C=O) groups is 1. The van der Waals surface area contributed by atoms with E-state index in [1.165, 1.54) is 44.9 Å². The highest BCUT2D eigenvalue weighted by atomic mass is 16.5. The Morgan fingerprint density at radius 3 is 2.23 bits per heavy atom. The minimum Gasteiger partial charge on any atom is -0.450 e. The molecular weight excluding hydrogens is 380 g/mol. The number of nitrogens with zero attached hydrogens (tertiary/aromatic N) is 3. The first-order valence-electron chi connectivity index (χ1n) is 10.9. The molecule has 30 heavy (non-hydrogen) atoms. The number of rotatable bonds is 13. The molecule has 0 aromatic carbocycles. The summed E-state index contributed by atoms with van der Waals surface area (Å²) in [5.41, 5.74) is 5.54. The van der Waals surface area contributed by atoms with Crippen LogP contribution in [0, 0.1) is 11.5 Å². The summed E-state index contributed by atoms with van der Waals surface area (Å²) >= 11 is 0. The maximum atomic E-state index is 9.87. The van der Waals surface area contributed by atoms with Gasteiger partial charge in [-0.1, -0.05) is 65.2 Å². The van der Waals surface area contributed by atoms with Gasteiger partial charge in [0.2, 0.25) is 5.96 Å². The second kappa shape index (κ2) is 20.9. The minimum atomic E-state index is -0.682. The molecule has 1 amide bonds. The number of nitrogens with one attached hydrogen (secondary N) is 2. The lowest BCUT2D eigenvalue weighted by Gasteiger charge is -2.07. The Morgan fingerprint density at radius 1 is 1.07 bits per heavy atom. The van der Waals surface area contributed by atoms with E-state index in [9.17, 15) is 4.79 Å². The summed E-state index contributed by atoms with van der Waals surface area (Å²) in [6.45, 7) is 5.44. The molecule has 0 aliphatic carbocycles. The van der Waals surface area contributed by atoms with Crippen molar-refractivity contribution in [3.8, 4) is 6.19 Å². The fourth-order valence-corrected chi connectivity index (χ4v) is 2.49. The predicted octanol–water partition coefficient (Wildman–Crippen LogP) is 4.94. The van der Waals surface area contributed by atoms with Crippen LogP contribution in [0.5, 0.6) is 0 Å². The van der Waals surface area contributed by atoms with E-state index in [-0.39, 0.29) is 0 Å². The Hall–Kier alpha value is -2.82. The molecule has 8 heteroatoms. The van der Waals surface area contributed by atoms with Crippen LogP contribution in [-0.4, -0.2) is 30.2 Å². The number of guanidine groups is 1. The zero-order valence-corrected chi connectivity index (χ0v) is 18.5. The lowest BCUT2D eigenvalue weighted by atomic mass is 10.1. The number of primary amides is 1. The van der Waals surface area contributed by atoms with E-state index in [0.717, 1.165) is 31.5 Å². The van der Waals surface area contributed by atoms with Crippen molar-refractivity contribution < 1.29 is 9.53 Å². The van der Waals surface area contributed by atoms with Gasteiger partial charge >= 0.3 is 6.09 Å². The number of aliphatic imine (C=N–C) groups is 1. The average Bonchev–Trinajstić information content (AvgIpc) is 2.74. The van der Waals surface area contributed by atoms with Crippen molar-refractivity contribution in [1.82, 2.24) is 10.3 Å². The van der Waals surface area contributed by atoms with Gasteiger partial charge in [-0.2, -0.15) is 5.26 Å². The van der Waals surface area contributed by atoms with Gasteiger partial charge in [-0.15, -0.1) is 0 Å². The standard InChI is InChI=1S/C17H27N5.C5H11NO2/c1-2-3-4-5-6-7-8-9-12-20-17(21-15-18)22-16-10-13-19-14-11-16;1-2-3-4-8-5(6)7/h10-11,13-14H,2-9,12H2,1H3,(H2,19,20,21,22);2-4H2,1H3,(H2,6,7). The summed E-state index contributed by atoms with van der Waals surface area (Å²) in [5, 5.41) is 14.4. The van der Waals surface area contributed by atoms with Crippen LogP contribution in [0.2, 0.25) is 0 Å². The van der Waals surface area contributed by atoms with E-state index in [0.29, 0.717) is 12.6 Å². The number of hydrogen-bond donors (Lipinski definition) is 3. The van der Waals surface area contributed by atoms with Gasteiger partial charge in [0.1, 0.15) is 0 Å². The van der Waals surface area contributed by atoms with E-state index < -0.39 is 6.09 Å². The molecule has 0 radical (unpaired) electrons. The summed E-state index contributed by atoms with van der Waals surface area (Å²) in [5.74, 6) is 0.497. The van der Waals surface area contributed by atoms with Gasteiger partial charge in [0.25, 0.3) is 0 Å². The third kappa shape index (κ3) is 18.5. The Morgan fingerprint density at radius 2 is 1.67 bits per heavy atom.